The summed E-state index contributed by atoms with van der Waals surface area (Å²) in [5.74, 6) is -1.13. The summed E-state index contributed by atoms with van der Waals surface area (Å²) in [5, 5.41) is 0.731. The number of hydrogen-bond acceptors (Lipinski definition) is 5. The summed E-state index contributed by atoms with van der Waals surface area (Å²) < 4.78 is 97.3. The molecule has 1 rings (SSSR count). The fourth-order valence-electron chi connectivity index (χ4n) is 1.92. The van der Waals surface area contributed by atoms with Gasteiger partial charge in [-0.25, -0.2) is 13.4 Å². The molecule has 1 aromatic rings. The molecule has 1 heterocycles. The van der Waals surface area contributed by atoms with E-state index in [0.717, 1.165) is 23.2 Å². The highest BCUT2D eigenvalue weighted by Crippen LogP contribution is 2.30. The maximum Gasteiger partial charge on any atom is 0.503 e. The normalized spacial score (nSPS) is 13.1. The minimum atomic E-state index is -5.82. The van der Waals surface area contributed by atoms with Crippen molar-refractivity contribution in [3.05, 3.63) is 23.9 Å². The van der Waals surface area contributed by atoms with Crippen molar-refractivity contribution in [2.75, 3.05) is 26.7 Å². The smallest absolute Gasteiger partial charge is 0.352 e. The molecule has 0 aliphatic rings. The van der Waals surface area contributed by atoms with E-state index in [1.807, 2.05) is 0 Å². The Morgan fingerprint density at radius 3 is 2.38 bits per heavy atom. The van der Waals surface area contributed by atoms with Crippen molar-refractivity contribution in [1.82, 2.24) is 15.2 Å². The maximum absolute atomic E-state index is 12.6. The third-order valence-electron chi connectivity index (χ3n) is 3.03. The van der Waals surface area contributed by atoms with Crippen molar-refractivity contribution in [3.63, 3.8) is 0 Å². The molecule has 0 radical (unpaired) electrons. The summed E-state index contributed by atoms with van der Waals surface area (Å²) in [7, 11) is -4.61. The van der Waals surface area contributed by atoms with Gasteiger partial charge in [-0.2, -0.15) is 26.3 Å². The zero-order valence-electron chi connectivity index (χ0n) is 13.4. The van der Waals surface area contributed by atoms with Gasteiger partial charge in [0, 0.05) is 12.7 Å². The number of hydrogen-bond donors (Lipinski definition) is 1. The number of amides is 1. The van der Waals surface area contributed by atoms with E-state index in [0.29, 0.717) is 0 Å². The van der Waals surface area contributed by atoms with Crippen LogP contribution < -0.4 is 5.32 Å². The van der Waals surface area contributed by atoms with Crippen LogP contribution in [0.25, 0.3) is 0 Å². The predicted octanol–water partition coefficient (Wildman–Crippen LogP) is 1.99. The molecule has 0 saturated heterocycles. The Hall–Kier alpha value is -1.89. The Bertz CT molecular complexity index is 733. The van der Waals surface area contributed by atoms with Crippen LogP contribution in [-0.2, 0) is 9.84 Å². The van der Waals surface area contributed by atoms with Gasteiger partial charge < -0.3 is 5.32 Å². The van der Waals surface area contributed by atoms with Crippen LogP contribution in [-0.4, -0.2) is 62.6 Å². The van der Waals surface area contributed by atoms with E-state index in [2.05, 4.69) is 10.3 Å². The van der Waals surface area contributed by atoms with E-state index in [4.69, 9.17) is 0 Å². The number of halogens is 6. The Labute approximate surface area is 145 Å². The minimum absolute atomic E-state index is 0.0411. The van der Waals surface area contributed by atoms with Crippen molar-refractivity contribution in [2.45, 2.75) is 23.1 Å². The molecule has 0 atom stereocenters. The number of sulfone groups is 1. The molecule has 1 amide bonds. The second kappa shape index (κ2) is 8.20. The second-order valence-corrected chi connectivity index (χ2v) is 7.12. The first-order chi connectivity index (χ1) is 11.8. The number of alkyl halides is 6. The summed E-state index contributed by atoms with van der Waals surface area (Å²) >= 11 is 0. The summed E-state index contributed by atoms with van der Waals surface area (Å²) in [6.45, 7) is -1.36. The number of nitrogens with zero attached hydrogens (tertiary/aromatic N) is 2. The standard InChI is InChI=1S/C13H15F6N3O3S/c1-22(8-12(14,15)16)7-3-6-20-10(23)9-4-2-5-21-11(9)26(24,25)13(17,18)19/h2,4-5H,3,6-8H2,1H3,(H,20,23). The highest BCUT2D eigenvalue weighted by atomic mass is 32.2. The molecule has 0 aliphatic heterocycles. The lowest BCUT2D eigenvalue weighted by Gasteiger charge is -2.18. The van der Waals surface area contributed by atoms with Gasteiger partial charge in [-0.3, -0.25) is 9.69 Å². The summed E-state index contributed by atoms with van der Waals surface area (Å²) in [5.41, 5.74) is -6.43. The van der Waals surface area contributed by atoms with E-state index in [1.165, 1.54) is 7.05 Å². The van der Waals surface area contributed by atoms with Gasteiger partial charge in [0.15, 0.2) is 5.03 Å². The number of aromatic nitrogens is 1. The van der Waals surface area contributed by atoms with Crippen molar-refractivity contribution >= 4 is 15.7 Å². The van der Waals surface area contributed by atoms with Crippen LogP contribution in [0, 0.1) is 0 Å². The van der Waals surface area contributed by atoms with Gasteiger partial charge in [-0.15, -0.1) is 0 Å². The molecule has 1 N–H and O–H groups in total. The number of pyridine rings is 1. The van der Waals surface area contributed by atoms with E-state index >= 15 is 0 Å². The third-order valence-corrected chi connectivity index (χ3v) is 4.47. The minimum Gasteiger partial charge on any atom is -0.352 e. The second-order valence-electron chi connectivity index (χ2n) is 5.27. The molecule has 26 heavy (non-hydrogen) atoms. The molecular formula is C13H15F6N3O3S. The fourth-order valence-corrected chi connectivity index (χ4v) is 2.79. The average Bonchev–Trinajstić information content (AvgIpc) is 2.48. The zero-order valence-corrected chi connectivity index (χ0v) is 14.2. The molecule has 0 aliphatic carbocycles. The lowest BCUT2D eigenvalue weighted by molar-refractivity contribution is -0.143. The molecule has 0 aromatic carbocycles. The Kier molecular flexibility index (Phi) is 6.99. The van der Waals surface area contributed by atoms with Crippen molar-refractivity contribution in [2.24, 2.45) is 0 Å². The monoisotopic (exact) mass is 407 g/mol. The first-order valence-electron chi connectivity index (χ1n) is 7.05. The summed E-state index contributed by atoms with van der Waals surface area (Å²) in [6.07, 6.45) is -3.52. The maximum atomic E-state index is 12.6. The van der Waals surface area contributed by atoms with Crippen molar-refractivity contribution < 1.29 is 39.6 Å². The molecule has 148 valence electrons. The number of nitrogens with one attached hydrogen (secondary N) is 1. The van der Waals surface area contributed by atoms with Gasteiger partial charge >= 0.3 is 11.7 Å². The molecule has 0 bridgehead atoms. The van der Waals surface area contributed by atoms with Gasteiger partial charge in [-0.1, -0.05) is 0 Å². The van der Waals surface area contributed by atoms with Crippen LogP contribution in [0.15, 0.2) is 23.4 Å². The highest BCUT2D eigenvalue weighted by Gasteiger charge is 2.49. The SMILES string of the molecule is CN(CCCNC(=O)c1cccnc1S(=O)(=O)C(F)(F)F)CC(F)(F)F. The lowest BCUT2D eigenvalue weighted by Crippen LogP contribution is -2.34. The quantitative estimate of drug-likeness (QED) is 0.553. The highest BCUT2D eigenvalue weighted by molar-refractivity contribution is 7.92. The largest absolute Gasteiger partial charge is 0.503 e. The van der Waals surface area contributed by atoms with Crippen molar-refractivity contribution in [3.8, 4) is 0 Å². The van der Waals surface area contributed by atoms with Crippen LogP contribution in [0.3, 0.4) is 0 Å². The fraction of sp³-hybridized carbons (Fsp3) is 0.538. The van der Waals surface area contributed by atoms with Gasteiger partial charge in [0.05, 0.1) is 12.1 Å². The van der Waals surface area contributed by atoms with Gasteiger partial charge in [0.25, 0.3) is 15.7 Å². The molecule has 0 saturated carbocycles. The van der Waals surface area contributed by atoms with Crippen LogP contribution in [0.1, 0.15) is 16.8 Å². The topological polar surface area (TPSA) is 79.4 Å². The number of rotatable bonds is 7. The summed E-state index contributed by atoms with van der Waals surface area (Å²) in [4.78, 5) is 16.0. The van der Waals surface area contributed by atoms with Crippen LogP contribution in [0.5, 0.6) is 0 Å². The molecule has 0 spiro atoms. The van der Waals surface area contributed by atoms with Gasteiger partial charge in [-0.05, 0) is 32.1 Å². The van der Waals surface area contributed by atoms with Crippen molar-refractivity contribution in [1.29, 1.82) is 0 Å². The Balaban J connectivity index is 2.73. The summed E-state index contributed by atoms with van der Waals surface area (Å²) in [6, 6.07) is 1.94. The zero-order chi connectivity index (χ0) is 20.2. The first kappa shape index (κ1) is 22.2. The van der Waals surface area contributed by atoms with E-state index in [-0.39, 0.29) is 19.5 Å². The van der Waals surface area contributed by atoms with E-state index < -0.39 is 44.6 Å². The Morgan fingerprint density at radius 1 is 1.23 bits per heavy atom. The number of carbonyl (C=O) groups is 1. The first-order valence-corrected chi connectivity index (χ1v) is 8.54. The van der Waals surface area contributed by atoms with Crippen LogP contribution in [0.2, 0.25) is 0 Å². The molecule has 6 nitrogen and oxygen atoms in total. The Morgan fingerprint density at radius 2 is 1.85 bits per heavy atom. The third kappa shape index (κ3) is 6.12. The van der Waals surface area contributed by atoms with Gasteiger partial charge in [0.1, 0.15) is 0 Å². The average molecular weight is 407 g/mol. The van der Waals surface area contributed by atoms with Crippen LogP contribution in [0.4, 0.5) is 26.3 Å². The van der Waals surface area contributed by atoms with E-state index in [9.17, 15) is 39.6 Å². The molecule has 0 unspecified atom stereocenters. The van der Waals surface area contributed by atoms with Gasteiger partial charge in [0.2, 0.25) is 0 Å². The number of carbonyl (C=O) groups excluding carboxylic acids is 1. The predicted molar refractivity (Wildman–Crippen MR) is 78.0 cm³/mol. The molecule has 0 fully saturated rings. The lowest BCUT2D eigenvalue weighted by atomic mass is 10.2. The molecular weight excluding hydrogens is 392 g/mol. The van der Waals surface area contributed by atoms with E-state index in [1.54, 1.807) is 0 Å². The molecule has 13 heteroatoms. The van der Waals surface area contributed by atoms with Crippen LogP contribution >= 0.6 is 0 Å². The molecule has 1 aromatic heterocycles.